The van der Waals surface area contributed by atoms with E-state index in [9.17, 15) is 17.6 Å². The summed E-state index contributed by atoms with van der Waals surface area (Å²) in [6.07, 6.45) is 1.27. The minimum absolute atomic E-state index is 0.119. The molecule has 0 aliphatic carbocycles. The quantitative estimate of drug-likeness (QED) is 0.420. The Morgan fingerprint density at radius 2 is 1.65 bits per heavy atom. The lowest BCUT2D eigenvalue weighted by molar-refractivity contribution is 0.104. The monoisotopic (exact) mass is 437 g/mol. The number of ether oxygens (including phenoxy) is 1. The number of hydrogen-bond donors (Lipinski definition) is 0. The Hall–Kier alpha value is -3.45. The van der Waals surface area contributed by atoms with Crippen LogP contribution in [0.15, 0.2) is 76.7 Å². The third-order valence-electron chi connectivity index (χ3n) is 5.35. The van der Waals surface area contributed by atoms with Gasteiger partial charge in [0.15, 0.2) is 0 Å². The minimum Gasteiger partial charge on any atom is -0.497 e. The van der Waals surface area contributed by atoms with Crippen LogP contribution in [0.2, 0.25) is 0 Å². The summed E-state index contributed by atoms with van der Waals surface area (Å²) < 4.78 is 45.7. The van der Waals surface area contributed by atoms with Gasteiger partial charge in [0.2, 0.25) is 15.6 Å². The van der Waals surface area contributed by atoms with Crippen LogP contribution in [0.1, 0.15) is 21.5 Å². The first kappa shape index (κ1) is 20.8. The lowest BCUT2D eigenvalue weighted by atomic mass is 10.1. The van der Waals surface area contributed by atoms with Crippen molar-refractivity contribution in [3.63, 3.8) is 0 Å². The lowest BCUT2D eigenvalue weighted by Gasteiger charge is -2.29. The second-order valence-electron chi connectivity index (χ2n) is 7.31. The molecule has 0 spiro atoms. The van der Waals surface area contributed by atoms with Crippen LogP contribution in [0, 0.1) is 19.7 Å². The fourth-order valence-electron chi connectivity index (χ4n) is 3.44. The maximum absolute atomic E-state index is 14.1. The average molecular weight is 437 g/mol. The molecule has 1 heterocycles. The molecule has 1 aliphatic rings. The Labute approximate surface area is 180 Å². The first-order valence-corrected chi connectivity index (χ1v) is 11.0. The summed E-state index contributed by atoms with van der Waals surface area (Å²) in [5, 5.41) is 0. The molecule has 3 aromatic rings. The van der Waals surface area contributed by atoms with Crippen molar-refractivity contribution in [3.8, 4) is 5.75 Å². The van der Waals surface area contributed by atoms with Crippen molar-refractivity contribution >= 4 is 27.0 Å². The highest BCUT2D eigenvalue weighted by atomic mass is 32.2. The smallest absolute Gasteiger partial charge is 0.214 e. The predicted octanol–water partition coefficient (Wildman–Crippen LogP) is 5.10. The van der Waals surface area contributed by atoms with Crippen molar-refractivity contribution in [2.75, 3.05) is 12.0 Å². The average Bonchev–Trinajstić information content (AvgIpc) is 2.75. The lowest BCUT2D eigenvalue weighted by Crippen LogP contribution is -2.26. The second kappa shape index (κ2) is 7.67. The van der Waals surface area contributed by atoms with Gasteiger partial charge >= 0.3 is 0 Å². The number of allylic oxidation sites excluding steroid dienone is 1. The van der Waals surface area contributed by atoms with E-state index < -0.39 is 21.4 Å². The molecule has 0 N–H and O–H groups in total. The number of sulfone groups is 1. The van der Waals surface area contributed by atoms with Crippen LogP contribution in [-0.2, 0) is 9.84 Å². The Morgan fingerprint density at radius 3 is 2.29 bits per heavy atom. The van der Waals surface area contributed by atoms with Crippen LogP contribution >= 0.6 is 0 Å². The van der Waals surface area contributed by atoms with Gasteiger partial charge in [-0.05, 0) is 79.6 Å². The summed E-state index contributed by atoms with van der Waals surface area (Å²) in [6, 6.07) is 15.2. The van der Waals surface area contributed by atoms with Crippen LogP contribution in [0.3, 0.4) is 0 Å². The van der Waals surface area contributed by atoms with Crippen molar-refractivity contribution in [3.05, 3.63) is 94.3 Å². The van der Waals surface area contributed by atoms with Gasteiger partial charge in [-0.3, -0.25) is 4.79 Å². The maximum Gasteiger partial charge on any atom is 0.214 e. The molecule has 0 bridgehead atoms. The van der Waals surface area contributed by atoms with E-state index in [4.69, 9.17) is 4.74 Å². The Bertz CT molecular complexity index is 1330. The molecule has 0 saturated carbocycles. The second-order valence-corrected chi connectivity index (χ2v) is 9.19. The number of nitrogens with zero attached hydrogens (tertiary/aromatic N) is 1. The third-order valence-corrected chi connectivity index (χ3v) is 7.14. The largest absolute Gasteiger partial charge is 0.497 e. The van der Waals surface area contributed by atoms with E-state index in [0.29, 0.717) is 11.4 Å². The maximum atomic E-state index is 14.1. The van der Waals surface area contributed by atoms with E-state index in [1.807, 2.05) is 26.0 Å². The van der Waals surface area contributed by atoms with Crippen molar-refractivity contribution in [1.82, 2.24) is 0 Å². The molecule has 0 fully saturated rings. The fraction of sp³-hybridized carbons (Fsp3) is 0.125. The van der Waals surface area contributed by atoms with Crippen molar-refractivity contribution in [1.29, 1.82) is 0 Å². The van der Waals surface area contributed by atoms with Gasteiger partial charge in [-0.1, -0.05) is 6.07 Å². The summed E-state index contributed by atoms with van der Waals surface area (Å²) in [5.41, 5.74) is 3.05. The molecular formula is C24H20FNO4S. The SMILES string of the molecule is COc1ccc(C(=O)C2=CN(c3ccc(C)c(C)c3)c3cc(F)ccc3S2(=O)=O)cc1. The number of hydrogen-bond acceptors (Lipinski definition) is 5. The zero-order chi connectivity index (χ0) is 22.3. The molecule has 5 nitrogen and oxygen atoms in total. The number of benzene rings is 3. The first-order valence-electron chi connectivity index (χ1n) is 9.54. The molecule has 0 atom stereocenters. The normalized spacial score (nSPS) is 14.6. The molecule has 31 heavy (non-hydrogen) atoms. The van der Waals surface area contributed by atoms with E-state index >= 15 is 0 Å². The molecule has 0 unspecified atom stereocenters. The highest BCUT2D eigenvalue weighted by molar-refractivity contribution is 7.96. The zero-order valence-electron chi connectivity index (χ0n) is 17.2. The molecule has 0 radical (unpaired) electrons. The number of rotatable bonds is 4. The van der Waals surface area contributed by atoms with E-state index in [0.717, 1.165) is 23.3 Å². The number of carbonyl (C=O) groups is 1. The molecular weight excluding hydrogens is 417 g/mol. The van der Waals surface area contributed by atoms with Crippen molar-refractivity contribution in [2.45, 2.75) is 18.7 Å². The van der Waals surface area contributed by atoms with E-state index in [2.05, 4.69) is 0 Å². The van der Waals surface area contributed by atoms with Gasteiger partial charge in [0, 0.05) is 17.5 Å². The van der Waals surface area contributed by atoms with Gasteiger partial charge < -0.3 is 9.64 Å². The van der Waals surface area contributed by atoms with Crippen LogP contribution < -0.4 is 9.64 Å². The van der Waals surface area contributed by atoms with Crippen LogP contribution in [0.25, 0.3) is 0 Å². The number of halogens is 1. The number of anilines is 2. The molecule has 158 valence electrons. The first-order chi connectivity index (χ1) is 14.7. The molecule has 0 saturated heterocycles. The van der Waals surface area contributed by atoms with Gasteiger partial charge in [-0.25, -0.2) is 12.8 Å². The molecule has 0 amide bonds. The summed E-state index contributed by atoms with van der Waals surface area (Å²) >= 11 is 0. The highest BCUT2D eigenvalue weighted by Gasteiger charge is 2.36. The number of fused-ring (bicyclic) bond motifs is 1. The van der Waals surface area contributed by atoms with Crippen LogP contribution in [-0.4, -0.2) is 21.3 Å². The number of carbonyl (C=O) groups excluding carboxylic acids is 1. The predicted molar refractivity (Wildman–Crippen MR) is 117 cm³/mol. The Balaban J connectivity index is 1.91. The van der Waals surface area contributed by atoms with Gasteiger partial charge in [0.1, 0.15) is 16.5 Å². The van der Waals surface area contributed by atoms with Crippen molar-refractivity contribution in [2.24, 2.45) is 0 Å². The number of ketones is 1. The van der Waals surface area contributed by atoms with Crippen LogP contribution in [0.4, 0.5) is 15.8 Å². The number of methoxy groups -OCH3 is 1. The molecule has 1 aliphatic heterocycles. The fourth-order valence-corrected chi connectivity index (χ4v) is 4.96. The Morgan fingerprint density at radius 1 is 0.935 bits per heavy atom. The minimum atomic E-state index is -4.15. The third kappa shape index (κ3) is 3.61. The summed E-state index contributed by atoms with van der Waals surface area (Å²) in [5.74, 6) is -0.665. The number of Topliss-reactive ketones (excluding diaryl/α,β-unsaturated/α-hetero) is 1. The Kier molecular flexibility index (Phi) is 5.15. The highest BCUT2D eigenvalue weighted by Crippen LogP contribution is 2.41. The molecule has 7 heteroatoms. The van der Waals surface area contributed by atoms with Gasteiger partial charge in [0.25, 0.3) is 0 Å². The van der Waals surface area contributed by atoms with Gasteiger partial charge in [-0.15, -0.1) is 0 Å². The molecule has 3 aromatic carbocycles. The van der Waals surface area contributed by atoms with Crippen LogP contribution in [0.5, 0.6) is 5.75 Å². The number of aryl methyl sites for hydroxylation is 2. The summed E-state index contributed by atoms with van der Waals surface area (Å²) in [6.45, 7) is 3.89. The van der Waals surface area contributed by atoms with E-state index in [1.165, 1.54) is 31.5 Å². The van der Waals surface area contributed by atoms with E-state index in [-0.39, 0.29) is 21.1 Å². The summed E-state index contributed by atoms with van der Waals surface area (Å²) in [4.78, 5) is 14.2. The zero-order valence-corrected chi connectivity index (χ0v) is 18.0. The van der Waals surface area contributed by atoms with Crippen molar-refractivity contribution < 1.29 is 22.3 Å². The van der Waals surface area contributed by atoms with Gasteiger partial charge in [0.05, 0.1) is 17.7 Å². The molecule has 4 rings (SSSR count). The molecule has 0 aromatic heterocycles. The van der Waals surface area contributed by atoms with Gasteiger partial charge in [-0.2, -0.15) is 0 Å². The summed E-state index contributed by atoms with van der Waals surface area (Å²) in [7, 11) is -2.65. The van der Waals surface area contributed by atoms with E-state index in [1.54, 1.807) is 23.1 Å². The topological polar surface area (TPSA) is 63.7 Å². The standard InChI is InChI=1S/C24H20FNO4S/c1-15-4-8-19(12-16(15)2)26-14-23(24(27)17-5-9-20(30-3)10-6-17)31(28,29)22-11-7-18(25)13-21(22)26/h4-14H,1-3H3.